The third kappa shape index (κ3) is 2.97. The molecule has 0 radical (unpaired) electrons. The van der Waals surface area contributed by atoms with Gasteiger partial charge in [0.2, 0.25) is 0 Å². The first-order chi connectivity index (χ1) is 9.70. The summed E-state index contributed by atoms with van der Waals surface area (Å²) in [6.45, 7) is 12.3. The van der Waals surface area contributed by atoms with Crippen molar-refractivity contribution in [2.24, 2.45) is 0 Å². The van der Waals surface area contributed by atoms with Crippen LogP contribution in [0, 0.1) is 11.3 Å². The summed E-state index contributed by atoms with van der Waals surface area (Å²) in [4.78, 5) is 4.39. The van der Waals surface area contributed by atoms with Gasteiger partial charge in [0.05, 0.1) is 11.2 Å². The quantitative estimate of drug-likeness (QED) is 0.802. The molecule has 0 saturated carbocycles. The second-order valence-electron chi connectivity index (χ2n) is 6.72. The molecule has 0 bridgehead atoms. The van der Waals surface area contributed by atoms with Crippen molar-refractivity contribution < 1.29 is 9.31 Å². The second kappa shape index (κ2) is 5.44. The lowest BCUT2D eigenvalue weighted by molar-refractivity contribution is 0.00578. The van der Waals surface area contributed by atoms with E-state index in [2.05, 4.69) is 24.9 Å². The molecule has 21 heavy (non-hydrogen) atoms. The van der Waals surface area contributed by atoms with E-state index in [0.29, 0.717) is 11.6 Å². The molecule has 0 aliphatic carbocycles. The highest BCUT2D eigenvalue weighted by molar-refractivity contribution is 6.62. The van der Waals surface area contributed by atoms with Crippen LogP contribution in [0.3, 0.4) is 0 Å². The topological polar surface area (TPSA) is 55.1 Å². The number of hydrogen-bond acceptors (Lipinski definition) is 4. The van der Waals surface area contributed by atoms with Crippen LogP contribution in [0.5, 0.6) is 0 Å². The van der Waals surface area contributed by atoms with E-state index >= 15 is 0 Å². The Hall–Kier alpha value is -1.38. The van der Waals surface area contributed by atoms with Gasteiger partial charge < -0.3 is 9.31 Å². The first-order valence-electron chi connectivity index (χ1n) is 7.48. The van der Waals surface area contributed by atoms with E-state index in [9.17, 15) is 5.26 Å². The molecule has 1 atom stereocenters. The molecule has 0 N–H and O–H groups in total. The van der Waals surface area contributed by atoms with E-state index in [4.69, 9.17) is 9.31 Å². The highest BCUT2D eigenvalue weighted by atomic mass is 16.7. The van der Waals surface area contributed by atoms with Crippen molar-refractivity contribution >= 4 is 12.6 Å². The Balaban J connectivity index is 2.39. The van der Waals surface area contributed by atoms with Gasteiger partial charge in [0.25, 0.3) is 0 Å². The summed E-state index contributed by atoms with van der Waals surface area (Å²) in [5, 5.41) is 9.19. The Kier molecular flexibility index (Phi) is 4.14. The van der Waals surface area contributed by atoms with Crippen molar-refractivity contribution in [1.82, 2.24) is 4.98 Å². The molecule has 1 saturated heterocycles. The van der Waals surface area contributed by atoms with Crippen LogP contribution in [-0.4, -0.2) is 23.3 Å². The lowest BCUT2D eigenvalue weighted by Gasteiger charge is -2.32. The number of pyridine rings is 1. The molecule has 0 spiro atoms. The summed E-state index contributed by atoms with van der Waals surface area (Å²) in [5.74, 6) is 0.305. The van der Waals surface area contributed by atoms with Crippen molar-refractivity contribution in [1.29, 1.82) is 5.26 Å². The van der Waals surface area contributed by atoms with E-state index in [-0.39, 0.29) is 11.2 Å². The summed E-state index contributed by atoms with van der Waals surface area (Å²) >= 11 is 0. The molecule has 2 heterocycles. The van der Waals surface area contributed by atoms with Crippen LogP contribution in [0.2, 0.25) is 0 Å². The van der Waals surface area contributed by atoms with Gasteiger partial charge in [0.15, 0.2) is 0 Å². The smallest absolute Gasteiger partial charge is 0.399 e. The predicted octanol–water partition coefficient (Wildman–Crippen LogP) is 2.77. The molecule has 1 unspecified atom stereocenters. The highest BCUT2D eigenvalue weighted by Crippen LogP contribution is 2.36. The molecule has 1 aromatic heterocycles. The highest BCUT2D eigenvalue weighted by Gasteiger charge is 2.51. The molecule has 1 aliphatic heterocycles. The SMILES string of the molecule is CCC(C)c1cc(B2OC(C)(C)C(C)(C)O2)cc(C#N)n1. The summed E-state index contributed by atoms with van der Waals surface area (Å²) < 4.78 is 12.1. The zero-order valence-electron chi connectivity index (χ0n) is 13.7. The van der Waals surface area contributed by atoms with E-state index in [1.807, 2.05) is 33.8 Å². The van der Waals surface area contributed by atoms with Crippen LogP contribution < -0.4 is 5.46 Å². The number of rotatable bonds is 3. The molecule has 2 rings (SSSR count). The van der Waals surface area contributed by atoms with Gasteiger partial charge in [-0.05, 0) is 57.6 Å². The Bertz CT molecular complexity index is 562. The minimum absolute atomic E-state index is 0.305. The Labute approximate surface area is 127 Å². The minimum Gasteiger partial charge on any atom is -0.399 e. The predicted molar refractivity (Wildman–Crippen MR) is 83.4 cm³/mol. The monoisotopic (exact) mass is 286 g/mol. The van der Waals surface area contributed by atoms with E-state index in [1.165, 1.54) is 0 Å². The van der Waals surface area contributed by atoms with Gasteiger partial charge in [-0.2, -0.15) is 5.26 Å². The van der Waals surface area contributed by atoms with Gasteiger partial charge in [0, 0.05) is 5.69 Å². The van der Waals surface area contributed by atoms with Crippen molar-refractivity contribution in [2.45, 2.75) is 65.1 Å². The third-order valence-corrected chi connectivity index (χ3v) is 4.62. The maximum Gasteiger partial charge on any atom is 0.495 e. The van der Waals surface area contributed by atoms with E-state index in [1.54, 1.807) is 6.07 Å². The summed E-state index contributed by atoms with van der Waals surface area (Å²) in [7, 11) is -0.451. The lowest BCUT2D eigenvalue weighted by atomic mass is 9.78. The fraction of sp³-hybridized carbons (Fsp3) is 0.625. The van der Waals surface area contributed by atoms with Crippen molar-refractivity contribution in [3.05, 3.63) is 23.5 Å². The maximum absolute atomic E-state index is 9.19. The average molecular weight is 286 g/mol. The molecular formula is C16H23BN2O2. The molecule has 1 aromatic rings. The average Bonchev–Trinajstić information content (AvgIpc) is 2.66. The summed E-state index contributed by atoms with van der Waals surface area (Å²) in [5.41, 5.74) is 1.43. The zero-order chi connectivity index (χ0) is 15.8. The number of hydrogen-bond donors (Lipinski definition) is 0. The van der Waals surface area contributed by atoms with Gasteiger partial charge >= 0.3 is 7.12 Å². The van der Waals surface area contributed by atoms with Gasteiger partial charge in [-0.15, -0.1) is 0 Å². The second-order valence-corrected chi connectivity index (χ2v) is 6.72. The number of aromatic nitrogens is 1. The molecule has 0 aromatic carbocycles. The van der Waals surface area contributed by atoms with Crippen LogP contribution in [0.25, 0.3) is 0 Å². The van der Waals surface area contributed by atoms with Crippen molar-refractivity contribution in [3.8, 4) is 6.07 Å². The fourth-order valence-corrected chi connectivity index (χ4v) is 2.21. The largest absolute Gasteiger partial charge is 0.495 e. The standard InChI is InChI=1S/C16H23BN2O2/c1-7-11(2)14-9-12(8-13(10-18)19-14)17-20-15(3,4)16(5,6)21-17/h8-9,11H,7H2,1-6H3. The first kappa shape index (κ1) is 16.0. The molecule has 112 valence electrons. The van der Waals surface area contributed by atoms with E-state index in [0.717, 1.165) is 17.6 Å². The van der Waals surface area contributed by atoms with Gasteiger partial charge in [-0.1, -0.05) is 13.8 Å². The van der Waals surface area contributed by atoms with Gasteiger partial charge in [-0.25, -0.2) is 4.98 Å². The van der Waals surface area contributed by atoms with Crippen LogP contribution in [-0.2, 0) is 9.31 Å². The molecule has 5 heteroatoms. The van der Waals surface area contributed by atoms with Crippen LogP contribution in [0.1, 0.15) is 65.3 Å². The van der Waals surface area contributed by atoms with Crippen LogP contribution >= 0.6 is 0 Å². The Morgan fingerprint density at radius 1 is 1.24 bits per heavy atom. The summed E-state index contributed by atoms with van der Waals surface area (Å²) in [6, 6.07) is 5.88. The van der Waals surface area contributed by atoms with Gasteiger partial charge in [-0.3, -0.25) is 0 Å². The van der Waals surface area contributed by atoms with Gasteiger partial charge in [0.1, 0.15) is 11.8 Å². The Morgan fingerprint density at radius 2 is 1.81 bits per heavy atom. The fourth-order valence-electron chi connectivity index (χ4n) is 2.21. The summed E-state index contributed by atoms with van der Waals surface area (Å²) in [6.07, 6.45) is 0.977. The molecule has 4 nitrogen and oxygen atoms in total. The van der Waals surface area contributed by atoms with E-state index < -0.39 is 7.12 Å². The lowest BCUT2D eigenvalue weighted by Crippen LogP contribution is -2.41. The molecule has 1 fully saturated rings. The Morgan fingerprint density at radius 3 is 2.29 bits per heavy atom. The van der Waals surface area contributed by atoms with Crippen LogP contribution in [0.4, 0.5) is 0 Å². The molecule has 1 aliphatic rings. The molecule has 0 amide bonds. The van der Waals surface area contributed by atoms with Crippen LogP contribution in [0.15, 0.2) is 12.1 Å². The molecular weight excluding hydrogens is 263 g/mol. The number of nitriles is 1. The first-order valence-corrected chi connectivity index (χ1v) is 7.48. The third-order valence-electron chi connectivity index (χ3n) is 4.62. The number of nitrogens with zero attached hydrogens (tertiary/aromatic N) is 2. The van der Waals surface area contributed by atoms with Crippen molar-refractivity contribution in [2.75, 3.05) is 0 Å². The maximum atomic E-state index is 9.19. The minimum atomic E-state index is -0.451. The normalized spacial score (nSPS) is 21.1. The zero-order valence-corrected chi connectivity index (χ0v) is 13.7. The van der Waals surface area contributed by atoms with Crippen molar-refractivity contribution in [3.63, 3.8) is 0 Å².